The molecule has 0 saturated heterocycles. The average molecular weight is 284 g/mol. The van der Waals surface area contributed by atoms with E-state index in [0.29, 0.717) is 12.0 Å². The maximum atomic E-state index is 14.0. The van der Waals surface area contributed by atoms with E-state index in [-0.39, 0.29) is 5.56 Å². The van der Waals surface area contributed by atoms with Crippen LogP contribution in [-0.2, 0) is 13.5 Å². The summed E-state index contributed by atoms with van der Waals surface area (Å²) in [6.07, 6.45) is 0.316. The second-order valence-corrected chi connectivity index (χ2v) is 4.86. The Kier molecular flexibility index (Phi) is 3.17. The predicted octanol–water partition coefficient (Wildman–Crippen LogP) is 3.00. The third kappa shape index (κ3) is 2.38. The molecule has 0 unspecified atom stereocenters. The Balaban J connectivity index is 1.99. The summed E-state index contributed by atoms with van der Waals surface area (Å²) in [6, 6.07) is 11.6. The van der Waals surface area contributed by atoms with Gasteiger partial charge in [0.1, 0.15) is 11.6 Å². The molecule has 21 heavy (non-hydrogen) atoms. The van der Waals surface area contributed by atoms with Crippen molar-refractivity contribution in [3.05, 3.63) is 65.2 Å². The summed E-state index contributed by atoms with van der Waals surface area (Å²) in [5.74, 6) is -0.927. The predicted molar refractivity (Wildman–Crippen MR) is 76.9 cm³/mol. The van der Waals surface area contributed by atoms with Crippen LogP contribution in [0.3, 0.4) is 0 Å². The number of carboxylic acids is 1. The van der Waals surface area contributed by atoms with Crippen LogP contribution in [0.5, 0.6) is 0 Å². The van der Waals surface area contributed by atoms with Crippen LogP contribution in [0, 0.1) is 5.82 Å². The van der Waals surface area contributed by atoms with Crippen LogP contribution < -0.4 is 0 Å². The van der Waals surface area contributed by atoms with Crippen molar-refractivity contribution in [2.24, 2.45) is 7.05 Å². The van der Waals surface area contributed by atoms with E-state index in [1.54, 1.807) is 0 Å². The number of rotatable bonds is 3. The highest BCUT2D eigenvalue weighted by Gasteiger charge is 2.12. The molecule has 106 valence electrons. The van der Waals surface area contributed by atoms with E-state index in [4.69, 9.17) is 5.11 Å². The summed E-state index contributed by atoms with van der Waals surface area (Å²) >= 11 is 0. The van der Waals surface area contributed by atoms with Gasteiger partial charge in [0.05, 0.1) is 16.6 Å². The van der Waals surface area contributed by atoms with E-state index in [9.17, 15) is 9.18 Å². The smallest absolute Gasteiger partial charge is 0.335 e. The second kappa shape index (κ2) is 5.01. The maximum Gasteiger partial charge on any atom is 0.335 e. The highest BCUT2D eigenvalue weighted by molar-refractivity contribution is 5.87. The largest absolute Gasteiger partial charge is 0.478 e. The summed E-state index contributed by atoms with van der Waals surface area (Å²) < 4.78 is 15.9. The first-order valence-corrected chi connectivity index (χ1v) is 6.48. The molecule has 1 N–H and O–H groups in total. The number of carboxylic acid groups (broad SMARTS) is 1. The summed E-state index contributed by atoms with van der Waals surface area (Å²) in [5, 5.41) is 8.85. The normalized spacial score (nSPS) is 11.0. The fourth-order valence-electron chi connectivity index (χ4n) is 2.35. The van der Waals surface area contributed by atoms with Gasteiger partial charge in [0.2, 0.25) is 0 Å². The van der Waals surface area contributed by atoms with Crippen LogP contribution in [0.1, 0.15) is 21.7 Å². The molecule has 2 aromatic carbocycles. The minimum Gasteiger partial charge on any atom is -0.478 e. The molecule has 0 bridgehead atoms. The van der Waals surface area contributed by atoms with Gasteiger partial charge in [-0.05, 0) is 29.8 Å². The Bertz CT molecular complexity index is 839. The lowest BCUT2D eigenvalue weighted by Crippen LogP contribution is -2.03. The van der Waals surface area contributed by atoms with Crippen LogP contribution in [0.25, 0.3) is 11.0 Å². The van der Waals surface area contributed by atoms with E-state index >= 15 is 0 Å². The van der Waals surface area contributed by atoms with Crippen molar-refractivity contribution in [2.45, 2.75) is 6.42 Å². The lowest BCUT2D eigenvalue weighted by atomic mass is 10.1. The van der Waals surface area contributed by atoms with Gasteiger partial charge in [0, 0.05) is 13.5 Å². The van der Waals surface area contributed by atoms with E-state index < -0.39 is 11.8 Å². The van der Waals surface area contributed by atoms with Gasteiger partial charge in [-0.15, -0.1) is 0 Å². The van der Waals surface area contributed by atoms with Crippen molar-refractivity contribution in [1.29, 1.82) is 0 Å². The average Bonchev–Trinajstić information content (AvgIpc) is 2.78. The van der Waals surface area contributed by atoms with Crippen LogP contribution in [0.4, 0.5) is 4.39 Å². The molecular formula is C16H13FN2O2. The molecule has 4 nitrogen and oxygen atoms in total. The number of aryl methyl sites for hydroxylation is 1. The molecule has 5 heteroatoms. The van der Waals surface area contributed by atoms with Crippen molar-refractivity contribution < 1.29 is 14.3 Å². The van der Waals surface area contributed by atoms with Crippen molar-refractivity contribution in [2.75, 3.05) is 0 Å². The number of nitrogens with zero attached hydrogens (tertiary/aromatic N) is 2. The van der Waals surface area contributed by atoms with Gasteiger partial charge in [-0.2, -0.15) is 0 Å². The van der Waals surface area contributed by atoms with E-state index in [1.165, 1.54) is 12.1 Å². The summed E-state index contributed by atoms with van der Waals surface area (Å²) in [4.78, 5) is 15.3. The molecule has 0 atom stereocenters. The molecule has 0 saturated carbocycles. The molecule has 0 radical (unpaired) electrons. The zero-order chi connectivity index (χ0) is 15.0. The highest BCUT2D eigenvalue weighted by Crippen LogP contribution is 2.19. The number of para-hydroxylation sites is 2. The minimum absolute atomic E-state index is 0.0544. The zero-order valence-corrected chi connectivity index (χ0v) is 11.4. The molecule has 3 aromatic rings. The van der Waals surface area contributed by atoms with Gasteiger partial charge in [-0.25, -0.2) is 14.2 Å². The zero-order valence-electron chi connectivity index (χ0n) is 11.4. The van der Waals surface area contributed by atoms with Gasteiger partial charge < -0.3 is 9.67 Å². The first-order valence-electron chi connectivity index (χ1n) is 6.48. The molecule has 0 aliphatic carbocycles. The topological polar surface area (TPSA) is 55.1 Å². The first kappa shape index (κ1) is 13.3. The lowest BCUT2D eigenvalue weighted by molar-refractivity contribution is 0.0696. The number of imidazole rings is 1. The number of halogens is 1. The number of benzene rings is 2. The van der Waals surface area contributed by atoms with Gasteiger partial charge in [-0.3, -0.25) is 0 Å². The van der Waals surface area contributed by atoms with Crippen LogP contribution in [0.15, 0.2) is 42.5 Å². The minimum atomic E-state index is -1.14. The number of hydrogen-bond donors (Lipinski definition) is 1. The van der Waals surface area contributed by atoms with Crippen molar-refractivity contribution in [3.63, 3.8) is 0 Å². The van der Waals surface area contributed by atoms with Crippen LogP contribution in [0.2, 0.25) is 0 Å². The fraction of sp³-hybridized carbons (Fsp3) is 0.125. The quantitative estimate of drug-likeness (QED) is 0.804. The second-order valence-electron chi connectivity index (χ2n) is 4.86. The van der Waals surface area contributed by atoms with Gasteiger partial charge >= 0.3 is 5.97 Å². The number of aromatic carboxylic acids is 1. The van der Waals surface area contributed by atoms with Crippen molar-refractivity contribution in [3.8, 4) is 0 Å². The van der Waals surface area contributed by atoms with E-state index in [2.05, 4.69) is 4.98 Å². The maximum absolute atomic E-state index is 14.0. The summed E-state index contributed by atoms with van der Waals surface area (Å²) in [7, 11) is 1.88. The number of fused-ring (bicyclic) bond motifs is 1. The van der Waals surface area contributed by atoms with Gasteiger partial charge in [0.15, 0.2) is 0 Å². The molecule has 0 spiro atoms. The Labute approximate surface area is 120 Å². The summed E-state index contributed by atoms with van der Waals surface area (Å²) in [5.41, 5.74) is 2.22. The number of aromatic nitrogens is 2. The van der Waals surface area contributed by atoms with E-state index in [1.807, 2.05) is 35.9 Å². The van der Waals surface area contributed by atoms with E-state index in [0.717, 1.165) is 22.9 Å². The molecule has 0 fully saturated rings. The fourth-order valence-corrected chi connectivity index (χ4v) is 2.35. The molecule has 0 amide bonds. The Morgan fingerprint density at radius 3 is 2.71 bits per heavy atom. The molecule has 1 aromatic heterocycles. The molecule has 1 heterocycles. The highest BCUT2D eigenvalue weighted by atomic mass is 19.1. The van der Waals surface area contributed by atoms with Crippen molar-refractivity contribution >= 4 is 17.0 Å². The first-order chi connectivity index (χ1) is 10.1. The Morgan fingerprint density at radius 2 is 2.05 bits per heavy atom. The van der Waals surface area contributed by atoms with Crippen molar-refractivity contribution in [1.82, 2.24) is 9.55 Å². The molecule has 0 aliphatic rings. The SMILES string of the molecule is Cn1c(Cc2ccc(C(=O)O)cc2F)nc2ccccc21. The number of hydrogen-bond acceptors (Lipinski definition) is 2. The Hall–Kier alpha value is -2.69. The van der Waals surface area contributed by atoms with Crippen LogP contribution >= 0.6 is 0 Å². The monoisotopic (exact) mass is 284 g/mol. The van der Waals surface area contributed by atoms with Gasteiger partial charge in [-0.1, -0.05) is 18.2 Å². The summed E-state index contributed by atoms with van der Waals surface area (Å²) in [6.45, 7) is 0. The molecule has 3 rings (SSSR count). The standard InChI is InChI=1S/C16H13FN2O2/c1-19-14-5-3-2-4-13(14)18-15(19)9-10-6-7-11(16(20)21)8-12(10)17/h2-8H,9H2,1H3,(H,20,21). The van der Waals surface area contributed by atoms with Crippen LogP contribution in [-0.4, -0.2) is 20.6 Å². The third-order valence-electron chi connectivity index (χ3n) is 3.53. The lowest BCUT2D eigenvalue weighted by Gasteiger charge is -2.05. The third-order valence-corrected chi connectivity index (χ3v) is 3.53. The van der Waals surface area contributed by atoms with Gasteiger partial charge in [0.25, 0.3) is 0 Å². The Morgan fingerprint density at radius 1 is 1.29 bits per heavy atom. The number of carbonyl (C=O) groups is 1. The molecular weight excluding hydrogens is 271 g/mol. The molecule has 0 aliphatic heterocycles.